The van der Waals surface area contributed by atoms with Gasteiger partial charge in [-0.25, -0.2) is 0 Å². The molecule has 1 atom stereocenters. The summed E-state index contributed by atoms with van der Waals surface area (Å²) in [5, 5.41) is 4.95. The topological polar surface area (TPSA) is 12.0 Å². The van der Waals surface area contributed by atoms with Crippen molar-refractivity contribution >= 4 is 23.2 Å². The number of fused-ring (bicyclic) bond motifs is 1. The van der Waals surface area contributed by atoms with E-state index in [0.29, 0.717) is 6.04 Å². The van der Waals surface area contributed by atoms with Crippen LogP contribution in [0.3, 0.4) is 0 Å². The Morgan fingerprint density at radius 2 is 1.87 bits per heavy atom. The van der Waals surface area contributed by atoms with Crippen molar-refractivity contribution in [2.45, 2.75) is 31.7 Å². The van der Waals surface area contributed by atoms with Crippen LogP contribution in [0.5, 0.6) is 0 Å². The van der Waals surface area contributed by atoms with E-state index in [0.717, 1.165) is 16.5 Å². The fourth-order valence-corrected chi connectivity index (χ4v) is 3.27. The van der Waals surface area contributed by atoms with Crippen molar-refractivity contribution in [1.82, 2.24) is 5.32 Å². The minimum absolute atomic E-state index is 0.102. The monoisotopic (exact) mass is 243 g/mol. The minimum Gasteiger partial charge on any atom is -0.313 e. The highest BCUT2D eigenvalue weighted by atomic mass is 35.5. The van der Waals surface area contributed by atoms with Crippen LogP contribution in [0.4, 0.5) is 0 Å². The second kappa shape index (κ2) is 3.65. The van der Waals surface area contributed by atoms with Crippen LogP contribution in [0, 0.1) is 0 Å². The van der Waals surface area contributed by atoms with Gasteiger partial charge in [0.25, 0.3) is 0 Å². The Labute approximate surface area is 101 Å². The highest BCUT2D eigenvalue weighted by molar-refractivity contribution is 6.34. The molecule has 1 N–H and O–H groups in total. The van der Waals surface area contributed by atoms with Crippen LogP contribution in [-0.4, -0.2) is 7.05 Å². The van der Waals surface area contributed by atoms with Crippen LogP contribution >= 0.6 is 23.2 Å². The van der Waals surface area contributed by atoms with Crippen molar-refractivity contribution in [3.63, 3.8) is 0 Å². The number of hydrogen-bond donors (Lipinski definition) is 1. The van der Waals surface area contributed by atoms with Gasteiger partial charge in [-0.3, -0.25) is 0 Å². The molecular weight excluding hydrogens is 229 g/mol. The molecule has 0 amide bonds. The van der Waals surface area contributed by atoms with E-state index in [1.54, 1.807) is 0 Å². The number of nitrogens with one attached hydrogen (secondary N) is 1. The normalized spacial score (nSPS) is 22.9. The van der Waals surface area contributed by atoms with E-state index >= 15 is 0 Å². The molecule has 1 aromatic rings. The molecule has 3 heteroatoms. The van der Waals surface area contributed by atoms with Crippen molar-refractivity contribution < 1.29 is 0 Å². The first-order valence-electron chi connectivity index (χ1n) is 5.13. The Morgan fingerprint density at radius 1 is 1.27 bits per heavy atom. The summed E-state index contributed by atoms with van der Waals surface area (Å²) in [4.78, 5) is 0. The van der Waals surface area contributed by atoms with E-state index in [2.05, 4.69) is 19.2 Å². The zero-order valence-electron chi connectivity index (χ0n) is 9.20. The van der Waals surface area contributed by atoms with Crippen LogP contribution in [0.15, 0.2) is 12.1 Å². The quantitative estimate of drug-likeness (QED) is 0.789. The van der Waals surface area contributed by atoms with Crippen molar-refractivity contribution in [2.24, 2.45) is 0 Å². The number of benzene rings is 1. The SMILES string of the molecule is CNC1CC(C)(C)c2c(Cl)ccc(Cl)c21. The summed E-state index contributed by atoms with van der Waals surface area (Å²) in [7, 11) is 1.97. The summed E-state index contributed by atoms with van der Waals surface area (Å²) in [6.07, 6.45) is 1.04. The molecule has 2 rings (SSSR count). The molecule has 1 aromatic carbocycles. The molecule has 0 aromatic heterocycles. The summed E-state index contributed by atoms with van der Waals surface area (Å²) in [5.41, 5.74) is 2.48. The second-order valence-electron chi connectivity index (χ2n) is 4.75. The minimum atomic E-state index is 0.102. The van der Waals surface area contributed by atoms with Gasteiger partial charge in [-0.1, -0.05) is 37.0 Å². The average molecular weight is 244 g/mol. The second-order valence-corrected chi connectivity index (χ2v) is 5.56. The Morgan fingerprint density at radius 3 is 2.47 bits per heavy atom. The maximum absolute atomic E-state index is 6.26. The van der Waals surface area contributed by atoms with Crippen molar-refractivity contribution in [2.75, 3.05) is 7.05 Å². The van der Waals surface area contributed by atoms with Crippen LogP contribution in [-0.2, 0) is 5.41 Å². The lowest BCUT2D eigenvalue weighted by atomic mass is 9.86. The van der Waals surface area contributed by atoms with E-state index in [9.17, 15) is 0 Å². The molecule has 1 aliphatic rings. The maximum atomic E-state index is 6.26. The molecule has 0 fully saturated rings. The summed E-state index contributed by atoms with van der Waals surface area (Å²) in [6, 6.07) is 4.10. The predicted molar refractivity (Wildman–Crippen MR) is 65.9 cm³/mol. The van der Waals surface area contributed by atoms with E-state index in [1.807, 2.05) is 19.2 Å². The molecule has 0 saturated carbocycles. The van der Waals surface area contributed by atoms with Crippen LogP contribution in [0.25, 0.3) is 0 Å². The summed E-state index contributed by atoms with van der Waals surface area (Å²) < 4.78 is 0. The Bertz CT molecular complexity index is 399. The smallest absolute Gasteiger partial charge is 0.0457 e. The highest BCUT2D eigenvalue weighted by Crippen LogP contribution is 2.49. The molecule has 0 aliphatic heterocycles. The van der Waals surface area contributed by atoms with E-state index in [4.69, 9.17) is 23.2 Å². The fourth-order valence-electron chi connectivity index (χ4n) is 2.56. The molecule has 15 heavy (non-hydrogen) atoms. The lowest BCUT2D eigenvalue weighted by Gasteiger charge is -2.20. The molecule has 1 nitrogen and oxygen atoms in total. The first kappa shape index (κ1) is 11.3. The van der Waals surface area contributed by atoms with Gasteiger partial charge >= 0.3 is 0 Å². The van der Waals surface area contributed by atoms with Gasteiger partial charge in [0, 0.05) is 16.1 Å². The van der Waals surface area contributed by atoms with Gasteiger partial charge < -0.3 is 5.32 Å². The van der Waals surface area contributed by atoms with E-state index in [-0.39, 0.29) is 5.41 Å². The summed E-state index contributed by atoms with van der Waals surface area (Å²) in [5.74, 6) is 0. The number of rotatable bonds is 1. The zero-order chi connectivity index (χ0) is 11.2. The third-order valence-electron chi connectivity index (χ3n) is 3.23. The molecule has 0 radical (unpaired) electrons. The van der Waals surface area contributed by atoms with Crippen molar-refractivity contribution in [3.05, 3.63) is 33.3 Å². The first-order valence-corrected chi connectivity index (χ1v) is 5.88. The zero-order valence-corrected chi connectivity index (χ0v) is 10.7. The molecule has 0 bridgehead atoms. The third-order valence-corrected chi connectivity index (χ3v) is 3.87. The number of hydrogen-bond acceptors (Lipinski definition) is 1. The molecule has 0 saturated heterocycles. The van der Waals surface area contributed by atoms with Gasteiger partial charge in [0.1, 0.15) is 0 Å². The van der Waals surface area contributed by atoms with Crippen LogP contribution < -0.4 is 5.32 Å². The van der Waals surface area contributed by atoms with Gasteiger partial charge in [0.15, 0.2) is 0 Å². The van der Waals surface area contributed by atoms with Gasteiger partial charge in [-0.05, 0) is 42.1 Å². The van der Waals surface area contributed by atoms with Crippen molar-refractivity contribution in [3.8, 4) is 0 Å². The predicted octanol–water partition coefficient (Wildman–Crippen LogP) is 3.94. The molecule has 0 heterocycles. The Balaban J connectivity index is 2.68. The van der Waals surface area contributed by atoms with Gasteiger partial charge in [0.2, 0.25) is 0 Å². The fraction of sp³-hybridized carbons (Fsp3) is 0.500. The summed E-state index contributed by atoms with van der Waals surface area (Å²) in [6.45, 7) is 4.43. The largest absolute Gasteiger partial charge is 0.313 e. The maximum Gasteiger partial charge on any atom is 0.0457 e. The Hall–Kier alpha value is -0.240. The Kier molecular flexibility index (Phi) is 2.74. The van der Waals surface area contributed by atoms with Gasteiger partial charge in [0.05, 0.1) is 0 Å². The third kappa shape index (κ3) is 1.67. The molecule has 0 spiro atoms. The van der Waals surface area contributed by atoms with Gasteiger partial charge in [-0.15, -0.1) is 0 Å². The molecule has 82 valence electrons. The van der Waals surface area contributed by atoms with E-state index in [1.165, 1.54) is 11.1 Å². The van der Waals surface area contributed by atoms with Crippen LogP contribution in [0.1, 0.15) is 37.4 Å². The number of halogens is 2. The summed E-state index contributed by atoms with van der Waals surface area (Å²) >= 11 is 12.5. The standard InChI is InChI=1S/C12H15Cl2N/c1-12(2)6-9(15-3)10-7(13)4-5-8(14)11(10)12/h4-5,9,15H,6H2,1-3H3. The molecule has 1 aliphatic carbocycles. The van der Waals surface area contributed by atoms with Gasteiger partial charge in [-0.2, -0.15) is 0 Å². The molecule has 1 unspecified atom stereocenters. The lowest BCUT2D eigenvalue weighted by Crippen LogP contribution is -2.17. The molecular formula is C12H15Cl2N. The van der Waals surface area contributed by atoms with E-state index < -0.39 is 0 Å². The average Bonchev–Trinajstić information content (AvgIpc) is 2.45. The first-order chi connectivity index (χ1) is 6.97. The van der Waals surface area contributed by atoms with Crippen LogP contribution in [0.2, 0.25) is 10.0 Å². The lowest BCUT2D eigenvalue weighted by molar-refractivity contribution is 0.447. The highest BCUT2D eigenvalue weighted by Gasteiger charge is 2.39. The van der Waals surface area contributed by atoms with Crippen molar-refractivity contribution in [1.29, 1.82) is 0 Å².